The van der Waals surface area contributed by atoms with Crippen LogP contribution in [0.4, 0.5) is 0 Å². The number of hydrogen-bond donors (Lipinski definition) is 0. The van der Waals surface area contributed by atoms with Crippen molar-refractivity contribution in [2.45, 2.75) is 13.8 Å². The van der Waals surface area contributed by atoms with E-state index in [-0.39, 0.29) is 0 Å². The first-order valence-electron chi connectivity index (χ1n) is 6.97. The van der Waals surface area contributed by atoms with Crippen molar-refractivity contribution in [2.24, 2.45) is 0 Å². The highest BCUT2D eigenvalue weighted by Crippen LogP contribution is 2.28. The van der Waals surface area contributed by atoms with Crippen molar-refractivity contribution in [1.29, 1.82) is 0 Å². The Morgan fingerprint density at radius 3 is 1.85 bits per heavy atom. The summed E-state index contributed by atoms with van der Waals surface area (Å²) in [6, 6.07) is 25.9. The van der Waals surface area contributed by atoms with Gasteiger partial charge in [-0.2, -0.15) is 0 Å². The minimum atomic E-state index is 1.28. The molecule has 98 valence electrons. The second-order valence-corrected chi connectivity index (χ2v) is 5.26. The third-order valence-corrected chi connectivity index (χ3v) is 3.70. The number of benzene rings is 3. The van der Waals surface area contributed by atoms with E-state index in [2.05, 4.69) is 86.6 Å². The van der Waals surface area contributed by atoms with Gasteiger partial charge in [0.2, 0.25) is 0 Å². The Balaban J connectivity index is 2.01. The van der Waals surface area contributed by atoms with Crippen molar-refractivity contribution in [3.8, 4) is 22.3 Å². The summed E-state index contributed by atoms with van der Waals surface area (Å²) >= 11 is 0. The summed E-state index contributed by atoms with van der Waals surface area (Å²) in [6.07, 6.45) is 0. The standard InChI is InChI=1S/C20H18/c1-15-8-10-17(11-9-15)19-12-13-20(16(2)14-19)18-6-4-3-5-7-18/h3-14H,1-2H3. The molecule has 0 bridgehead atoms. The fraction of sp³-hybridized carbons (Fsp3) is 0.100. The second-order valence-electron chi connectivity index (χ2n) is 5.26. The largest absolute Gasteiger partial charge is 0.0622 e. The molecular weight excluding hydrogens is 240 g/mol. The van der Waals surface area contributed by atoms with E-state index in [1.165, 1.54) is 33.4 Å². The summed E-state index contributed by atoms with van der Waals surface area (Å²) < 4.78 is 0. The highest BCUT2D eigenvalue weighted by molar-refractivity contribution is 5.73. The van der Waals surface area contributed by atoms with Gasteiger partial charge in [0, 0.05) is 0 Å². The molecule has 0 spiro atoms. The summed E-state index contributed by atoms with van der Waals surface area (Å²) in [6.45, 7) is 4.30. The van der Waals surface area contributed by atoms with Crippen LogP contribution in [0.3, 0.4) is 0 Å². The van der Waals surface area contributed by atoms with Crippen molar-refractivity contribution < 1.29 is 0 Å². The van der Waals surface area contributed by atoms with Crippen LogP contribution >= 0.6 is 0 Å². The predicted octanol–water partition coefficient (Wildman–Crippen LogP) is 5.64. The van der Waals surface area contributed by atoms with E-state index in [1.54, 1.807) is 0 Å². The first-order valence-corrected chi connectivity index (χ1v) is 6.97. The average Bonchev–Trinajstić information content (AvgIpc) is 2.49. The first-order chi connectivity index (χ1) is 9.74. The van der Waals surface area contributed by atoms with Gasteiger partial charge in [-0.3, -0.25) is 0 Å². The normalized spacial score (nSPS) is 10.5. The molecule has 0 fully saturated rings. The Morgan fingerprint density at radius 1 is 0.550 bits per heavy atom. The Labute approximate surface area is 120 Å². The predicted molar refractivity (Wildman–Crippen MR) is 86.8 cm³/mol. The van der Waals surface area contributed by atoms with Gasteiger partial charge in [-0.25, -0.2) is 0 Å². The van der Waals surface area contributed by atoms with Crippen molar-refractivity contribution in [3.63, 3.8) is 0 Å². The van der Waals surface area contributed by atoms with Crippen molar-refractivity contribution >= 4 is 0 Å². The molecule has 0 saturated carbocycles. The zero-order valence-electron chi connectivity index (χ0n) is 11.9. The number of hydrogen-bond acceptors (Lipinski definition) is 0. The molecular formula is C20H18. The smallest absolute Gasteiger partial charge is 0.0154 e. The van der Waals surface area contributed by atoms with Crippen LogP contribution in [0.5, 0.6) is 0 Å². The van der Waals surface area contributed by atoms with Crippen molar-refractivity contribution in [3.05, 3.63) is 83.9 Å². The van der Waals surface area contributed by atoms with Gasteiger partial charge in [-0.05, 0) is 41.7 Å². The summed E-state index contributed by atoms with van der Waals surface area (Å²) in [5.74, 6) is 0. The van der Waals surface area contributed by atoms with Gasteiger partial charge in [0.15, 0.2) is 0 Å². The van der Waals surface area contributed by atoms with Crippen LogP contribution < -0.4 is 0 Å². The lowest BCUT2D eigenvalue weighted by atomic mass is 9.95. The Bertz CT molecular complexity index is 707. The van der Waals surface area contributed by atoms with Crippen LogP contribution in [0.15, 0.2) is 72.8 Å². The minimum absolute atomic E-state index is 1.28. The highest BCUT2D eigenvalue weighted by atomic mass is 14.1. The zero-order valence-corrected chi connectivity index (χ0v) is 11.9. The quantitative estimate of drug-likeness (QED) is 0.558. The maximum atomic E-state index is 2.27. The molecule has 0 saturated heterocycles. The fourth-order valence-electron chi connectivity index (χ4n) is 2.53. The summed E-state index contributed by atoms with van der Waals surface area (Å²) in [7, 11) is 0. The van der Waals surface area contributed by atoms with Gasteiger partial charge in [0.25, 0.3) is 0 Å². The lowest BCUT2D eigenvalue weighted by molar-refractivity contribution is 1.44. The molecule has 0 N–H and O–H groups in total. The molecule has 3 rings (SSSR count). The monoisotopic (exact) mass is 258 g/mol. The van der Waals surface area contributed by atoms with Crippen molar-refractivity contribution in [2.75, 3.05) is 0 Å². The van der Waals surface area contributed by atoms with Crippen molar-refractivity contribution in [1.82, 2.24) is 0 Å². The summed E-state index contributed by atoms with van der Waals surface area (Å²) in [4.78, 5) is 0. The molecule has 0 atom stereocenters. The van der Waals surface area contributed by atoms with Crippen LogP contribution in [0.25, 0.3) is 22.3 Å². The van der Waals surface area contributed by atoms with Crippen LogP contribution in [-0.4, -0.2) is 0 Å². The first kappa shape index (κ1) is 12.7. The van der Waals surface area contributed by atoms with E-state index in [4.69, 9.17) is 0 Å². The molecule has 0 aliphatic rings. The molecule has 0 amide bonds. The minimum Gasteiger partial charge on any atom is -0.0622 e. The molecule has 0 nitrogen and oxygen atoms in total. The third-order valence-electron chi connectivity index (χ3n) is 3.70. The zero-order chi connectivity index (χ0) is 13.9. The fourth-order valence-corrected chi connectivity index (χ4v) is 2.53. The van der Waals surface area contributed by atoms with E-state index >= 15 is 0 Å². The Hall–Kier alpha value is -2.34. The lowest BCUT2D eigenvalue weighted by Crippen LogP contribution is -1.85. The van der Waals surface area contributed by atoms with Gasteiger partial charge in [0.05, 0.1) is 0 Å². The number of aryl methyl sites for hydroxylation is 2. The van der Waals surface area contributed by atoms with Gasteiger partial charge < -0.3 is 0 Å². The topological polar surface area (TPSA) is 0 Å². The molecule has 0 aliphatic carbocycles. The highest BCUT2D eigenvalue weighted by Gasteiger charge is 2.04. The molecule has 3 aromatic rings. The average molecular weight is 258 g/mol. The van der Waals surface area contributed by atoms with Crippen LogP contribution in [-0.2, 0) is 0 Å². The van der Waals surface area contributed by atoms with Gasteiger partial charge in [-0.1, -0.05) is 78.4 Å². The third kappa shape index (κ3) is 2.50. The van der Waals surface area contributed by atoms with E-state index < -0.39 is 0 Å². The van der Waals surface area contributed by atoms with E-state index in [0.29, 0.717) is 0 Å². The molecule has 0 aromatic heterocycles. The van der Waals surface area contributed by atoms with Crippen LogP contribution in [0, 0.1) is 13.8 Å². The second kappa shape index (κ2) is 5.34. The Kier molecular flexibility index (Phi) is 3.39. The molecule has 0 heteroatoms. The number of rotatable bonds is 2. The molecule has 20 heavy (non-hydrogen) atoms. The van der Waals surface area contributed by atoms with Gasteiger partial charge >= 0.3 is 0 Å². The Morgan fingerprint density at radius 2 is 1.20 bits per heavy atom. The maximum absolute atomic E-state index is 2.27. The van der Waals surface area contributed by atoms with E-state index in [1.807, 2.05) is 0 Å². The molecule has 0 unspecified atom stereocenters. The van der Waals surface area contributed by atoms with E-state index in [9.17, 15) is 0 Å². The molecule has 0 radical (unpaired) electrons. The van der Waals surface area contributed by atoms with Gasteiger partial charge in [-0.15, -0.1) is 0 Å². The lowest BCUT2D eigenvalue weighted by Gasteiger charge is -2.09. The summed E-state index contributed by atoms with van der Waals surface area (Å²) in [5, 5.41) is 0. The molecule has 0 aliphatic heterocycles. The SMILES string of the molecule is Cc1ccc(-c2ccc(-c3ccccc3)c(C)c2)cc1. The summed E-state index contributed by atoms with van der Waals surface area (Å²) in [5.41, 5.74) is 7.75. The molecule has 0 heterocycles. The van der Waals surface area contributed by atoms with Crippen LogP contribution in [0.1, 0.15) is 11.1 Å². The van der Waals surface area contributed by atoms with Crippen LogP contribution in [0.2, 0.25) is 0 Å². The molecule has 3 aromatic carbocycles. The van der Waals surface area contributed by atoms with E-state index in [0.717, 1.165) is 0 Å². The van der Waals surface area contributed by atoms with Gasteiger partial charge in [0.1, 0.15) is 0 Å². The maximum Gasteiger partial charge on any atom is -0.0154 e.